The number of nitrogens with zero attached hydrogens (tertiary/aromatic N) is 2. The molecule has 0 unspecified atom stereocenters. The van der Waals surface area contributed by atoms with Crippen LogP contribution in [-0.2, 0) is 7.05 Å². The minimum atomic E-state index is 0.223. The van der Waals surface area contributed by atoms with E-state index >= 15 is 0 Å². The van der Waals surface area contributed by atoms with Crippen molar-refractivity contribution in [2.24, 2.45) is 18.9 Å². The molecule has 1 aromatic heterocycles. The van der Waals surface area contributed by atoms with Crippen LogP contribution in [0, 0.1) is 11.8 Å². The van der Waals surface area contributed by atoms with Gasteiger partial charge in [0.05, 0.1) is 5.56 Å². The Morgan fingerprint density at radius 1 is 1.09 bits per heavy atom. The summed E-state index contributed by atoms with van der Waals surface area (Å²) in [4.78, 5) is 15.1. The fraction of sp³-hybridized carbons (Fsp3) is 0.526. The topological polar surface area (TPSA) is 25.2 Å². The van der Waals surface area contributed by atoms with Crippen molar-refractivity contribution in [3.05, 3.63) is 36.0 Å². The fourth-order valence-electron chi connectivity index (χ4n) is 4.47. The van der Waals surface area contributed by atoms with E-state index in [1.165, 1.54) is 32.1 Å². The van der Waals surface area contributed by atoms with Crippen LogP contribution in [0.2, 0.25) is 0 Å². The van der Waals surface area contributed by atoms with Crippen molar-refractivity contribution < 1.29 is 4.79 Å². The number of amides is 1. The molecular formula is C19H24N2O. The van der Waals surface area contributed by atoms with Crippen molar-refractivity contribution in [2.45, 2.75) is 32.1 Å². The maximum absolute atomic E-state index is 13.0. The molecule has 0 spiro atoms. The first-order valence-electron chi connectivity index (χ1n) is 8.57. The highest BCUT2D eigenvalue weighted by molar-refractivity contribution is 6.07. The first kappa shape index (κ1) is 13.9. The van der Waals surface area contributed by atoms with Crippen LogP contribution in [0.1, 0.15) is 42.5 Å². The van der Waals surface area contributed by atoms with Crippen molar-refractivity contribution in [1.29, 1.82) is 0 Å². The van der Waals surface area contributed by atoms with Gasteiger partial charge in [0.25, 0.3) is 5.91 Å². The van der Waals surface area contributed by atoms with Gasteiger partial charge in [0.1, 0.15) is 0 Å². The van der Waals surface area contributed by atoms with Gasteiger partial charge >= 0.3 is 0 Å². The van der Waals surface area contributed by atoms with E-state index < -0.39 is 0 Å². The van der Waals surface area contributed by atoms with Gasteiger partial charge < -0.3 is 9.47 Å². The molecule has 4 rings (SSSR count). The second kappa shape index (κ2) is 5.45. The number of fused-ring (bicyclic) bond motifs is 2. The zero-order valence-corrected chi connectivity index (χ0v) is 13.3. The summed E-state index contributed by atoms with van der Waals surface area (Å²) in [5.41, 5.74) is 2.01. The number of carbonyl (C=O) groups is 1. The van der Waals surface area contributed by atoms with E-state index in [9.17, 15) is 4.79 Å². The fourth-order valence-corrected chi connectivity index (χ4v) is 4.47. The number of para-hydroxylation sites is 1. The molecule has 2 heterocycles. The Kier molecular flexibility index (Phi) is 3.44. The molecule has 0 bridgehead atoms. The van der Waals surface area contributed by atoms with Gasteiger partial charge in [-0.3, -0.25) is 4.79 Å². The minimum Gasteiger partial charge on any atom is -0.350 e. The summed E-state index contributed by atoms with van der Waals surface area (Å²) >= 11 is 0. The molecule has 1 saturated heterocycles. The molecule has 2 aromatic rings. The van der Waals surface area contributed by atoms with Crippen LogP contribution in [0.25, 0.3) is 10.9 Å². The molecule has 1 aromatic carbocycles. The van der Waals surface area contributed by atoms with Crippen molar-refractivity contribution in [3.8, 4) is 0 Å². The second-order valence-electron chi connectivity index (χ2n) is 7.02. The van der Waals surface area contributed by atoms with Crippen LogP contribution in [0.15, 0.2) is 30.5 Å². The van der Waals surface area contributed by atoms with Crippen molar-refractivity contribution in [1.82, 2.24) is 9.47 Å². The Bertz CT molecular complexity index is 703. The quantitative estimate of drug-likeness (QED) is 0.785. The molecule has 1 amide bonds. The van der Waals surface area contributed by atoms with E-state index in [1.807, 2.05) is 25.4 Å². The summed E-state index contributed by atoms with van der Waals surface area (Å²) in [6.07, 6.45) is 8.61. The van der Waals surface area contributed by atoms with Crippen LogP contribution >= 0.6 is 0 Å². The number of piperidine rings is 1. The third-order valence-electron chi connectivity index (χ3n) is 5.71. The molecule has 1 aliphatic heterocycles. The highest BCUT2D eigenvalue weighted by atomic mass is 16.2. The molecule has 2 fully saturated rings. The molecule has 2 aliphatic rings. The molecule has 1 saturated carbocycles. The van der Waals surface area contributed by atoms with Crippen LogP contribution in [0.5, 0.6) is 0 Å². The summed E-state index contributed by atoms with van der Waals surface area (Å²) in [5.74, 6) is 1.83. The highest BCUT2D eigenvalue weighted by Gasteiger charge is 2.33. The Balaban J connectivity index is 1.61. The smallest absolute Gasteiger partial charge is 0.256 e. The number of aromatic nitrogens is 1. The zero-order chi connectivity index (χ0) is 15.1. The van der Waals surface area contributed by atoms with Crippen LogP contribution < -0.4 is 0 Å². The average Bonchev–Trinajstić information content (AvgIpc) is 2.91. The summed E-state index contributed by atoms with van der Waals surface area (Å²) in [7, 11) is 2.02. The van der Waals surface area contributed by atoms with Crippen LogP contribution in [0.4, 0.5) is 0 Å². The Morgan fingerprint density at radius 2 is 1.86 bits per heavy atom. The van der Waals surface area contributed by atoms with Crippen LogP contribution in [-0.4, -0.2) is 28.5 Å². The van der Waals surface area contributed by atoms with Gasteiger partial charge in [-0.25, -0.2) is 0 Å². The maximum Gasteiger partial charge on any atom is 0.256 e. The molecular weight excluding hydrogens is 272 g/mol. The first-order chi connectivity index (χ1) is 10.7. The summed E-state index contributed by atoms with van der Waals surface area (Å²) < 4.78 is 2.07. The van der Waals surface area contributed by atoms with E-state index in [0.29, 0.717) is 0 Å². The lowest BCUT2D eigenvalue weighted by Gasteiger charge is -2.41. The van der Waals surface area contributed by atoms with Crippen molar-refractivity contribution in [2.75, 3.05) is 13.1 Å². The van der Waals surface area contributed by atoms with Gasteiger partial charge in [0.15, 0.2) is 0 Å². The standard InChI is InChI=1S/C19H24N2O/c1-20-13-17(16-8-4-5-9-18(16)20)19(22)21-11-10-14-6-2-3-7-15(14)12-21/h4-5,8-9,13-15H,2-3,6-7,10-12H2,1H3/t14-,15-/m0/s1. The normalized spacial score (nSPS) is 25.2. The number of rotatable bonds is 1. The molecule has 3 nitrogen and oxygen atoms in total. The molecule has 116 valence electrons. The van der Waals surface area contributed by atoms with E-state index in [4.69, 9.17) is 0 Å². The average molecular weight is 296 g/mol. The van der Waals surface area contributed by atoms with E-state index in [-0.39, 0.29) is 5.91 Å². The number of benzene rings is 1. The largest absolute Gasteiger partial charge is 0.350 e. The van der Waals surface area contributed by atoms with Gasteiger partial charge in [-0.2, -0.15) is 0 Å². The third-order valence-corrected chi connectivity index (χ3v) is 5.71. The van der Waals surface area contributed by atoms with E-state index in [2.05, 4.69) is 21.6 Å². The predicted molar refractivity (Wildman–Crippen MR) is 88.9 cm³/mol. The van der Waals surface area contributed by atoms with E-state index in [0.717, 1.165) is 41.4 Å². The number of carbonyl (C=O) groups excluding carboxylic acids is 1. The van der Waals surface area contributed by atoms with Gasteiger partial charge in [0, 0.05) is 37.2 Å². The summed E-state index contributed by atoms with van der Waals surface area (Å²) in [6, 6.07) is 8.20. The van der Waals surface area contributed by atoms with Gasteiger partial charge in [-0.1, -0.05) is 37.5 Å². The molecule has 3 heteroatoms. The molecule has 0 radical (unpaired) electrons. The summed E-state index contributed by atoms with van der Waals surface area (Å²) in [6.45, 7) is 1.90. The van der Waals surface area contributed by atoms with Crippen molar-refractivity contribution in [3.63, 3.8) is 0 Å². The maximum atomic E-state index is 13.0. The van der Waals surface area contributed by atoms with Crippen molar-refractivity contribution >= 4 is 16.8 Å². The Hall–Kier alpha value is -1.77. The van der Waals surface area contributed by atoms with Gasteiger partial charge in [0.2, 0.25) is 0 Å². The third kappa shape index (κ3) is 2.23. The minimum absolute atomic E-state index is 0.223. The molecule has 22 heavy (non-hydrogen) atoms. The van der Waals surface area contributed by atoms with E-state index in [1.54, 1.807) is 0 Å². The zero-order valence-electron chi connectivity index (χ0n) is 13.3. The lowest BCUT2D eigenvalue weighted by molar-refractivity contribution is 0.0522. The lowest BCUT2D eigenvalue weighted by atomic mass is 9.75. The molecule has 2 atom stereocenters. The number of likely N-dealkylation sites (tertiary alicyclic amines) is 1. The first-order valence-corrected chi connectivity index (χ1v) is 8.57. The van der Waals surface area contributed by atoms with Gasteiger partial charge in [-0.15, -0.1) is 0 Å². The summed E-state index contributed by atoms with van der Waals surface area (Å²) in [5, 5.41) is 1.08. The lowest BCUT2D eigenvalue weighted by Crippen LogP contribution is -2.44. The highest BCUT2D eigenvalue weighted by Crippen LogP contribution is 2.36. The molecule has 0 N–H and O–H groups in total. The number of aryl methyl sites for hydroxylation is 1. The van der Waals surface area contributed by atoms with Gasteiger partial charge in [-0.05, 0) is 30.7 Å². The SMILES string of the molecule is Cn1cc(C(=O)N2CC[C@@H]3CCCC[C@H]3C2)c2ccccc21. The second-order valence-corrected chi connectivity index (χ2v) is 7.02. The Labute approximate surface area is 131 Å². The Morgan fingerprint density at radius 3 is 2.73 bits per heavy atom. The monoisotopic (exact) mass is 296 g/mol. The molecule has 1 aliphatic carbocycles. The number of hydrogen-bond donors (Lipinski definition) is 0. The number of hydrogen-bond acceptors (Lipinski definition) is 1. The van der Waals surface area contributed by atoms with Crippen LogP contribution in [0.3, 0.4) is 0 Å². The predicted octanol–water partition coefficient (Wildman–Crippen LogP) is 3.83.